The van der Waals surface area contributed by atoms with Gasteiger partial charge >= 0.3 is 6.09 Å². The fourth-order valence-electron chi connectivity index (χ4n) is 1.26. The number of nitrogens with one attached hydrogen (secondary N) is 1. The van der Waals surface area contributed by atoms with Crippen LogP contribution in [0.4, 0.5) is 4.79 Å². The molecule has 0 aromatic carbocycles. The van der Waals surface area contributed by atoms with Crippen molar-refractivity contribution in [1.82, 2.24) is 5.32 Å². The molecule has 2 atom stereocenters. The molecule has 2 fully saturated rings. The number of ether oxygens (including phenoxy) is 1. The van der Waals surface area contributed by atoms with Crippen molar-refractivity contribution in [2.24, 2.45) is 0 Å². The molecular formula is C6H7NO3S. The van der Waals surface area contributed by atoms with Crippen LogP contribution >= 0.6 is 11.8 Å². The number of rotatable bonds is 0. The molecule has 5 heteroatoms. The predicted molar refractivity (Wildman–Crippen MR) is 39.3 cm³/mol. The van der Waals surface area contributed by atoms with Crippen molar-refractivity contribution < 1.29 is 14.3 Å². The van der Waals surface area contributed by atoms with Crippen molar-refractivity contribution >= 4 is 23.0 Å². The number of hydrogen-bond acceptors (Lipinski definition) is 4. The van der Waals surface area contributed by atoms with Gasteiger partial charge in [-0.15, -0.1) is 0 Å². The summed E-state index contributed by atoms with van der Waals surface area (Å²) >= 11 is 1.26. The highest BCUT2D eigenvalue weighted by molar-refractivity contribution is 8.13. The van der Waals surface area contributed by atoms with Gasteiger partial charge in [-0.1, -0.05) is 11.8 Å². The molecule has 0 saturated carbocycles. The summed E-state index contributed by atoms with van der Waals surface area (Å²) in [5, 5.41) is 2.49. The van der Waals surface area contributed by atoms with E-state index in [1.54, 1.807) is 0 Å². The lowest BCUT2D eigenvalue weighted by molar-refractivity contribution is -0.113. The molecule has 11 heavy (non-hydrogen) atoms. The maximum absolute atomic E-state index is 11.1. The van der Waals surface area contributed by atoms with Crippen LogP contribution in [-0.4, -0.2) is 29.1 Å². The molecule has 0 aliphatic carbocycles. The molecule has 1 N–H and O–H groups in total. The Morgan fingerprint density at radius 2 is 2.36 bits per heavy atom. The van der Waals surface area contributed by atoms with E-state index < -0.39 is 6.09 Å². The molecule has 2 aliphatic heterocycles. The molecule has 0 radical (unpaired) electrons. The zero-order valence-corrected chi connectivity index (χ0v) is 6.52. The third-order valence-corrected chi connectivity index (χ3v) is 2.78. The van der Waals surface area contributed by atoms with Gasteiger partial charge in [0.25, 0.3) is 0 Å². The van der Waals surface area contributed by atoms with Crippen molar-refractivity contribution in [3.05, 3.63) is 0 Å². The predicted octanol–water partition coefficient (Wildman–Crippen LogP) is 0.127. The van der Waals surface area contributed by atoms with Crippen LogP contribution in [-0.2, 0) is 9.53 Å². The number of carbonyl (C=O) groups excluding carboxylic acids is 2. The molecule has 0 spiro atoms. The van der Waals surface area contributed by atoms with E-state index in [0.29, 0.717) is 0 Å². The minimum Gasteiger partial charge on any atom is -0.443 e. The summed E-state index contributed by atoms with van der Waals surface area (Å²) < 4.78 is 4.85. The van der Waals surface area contributed by atoms with E-state index in [-0.39, 0.29) is 17.3 Å². The highest BCUT2D eigenvalue weighted by atomic mass is 32.2. The second-order valence-electron chi connectivity index (χ2n) is 2.52. The SMILES string of the molecule is O=C1NC2C(=O)SCCC2O1. The Morgan fingerprint density at radius 3 is 3.09 bits per heavy atom. The lowest BCUT2D eigenvalue weighted by Crippen LogP contribution is -2.40. The molecule has 2 unspecified atom stereocenters. The molecule has 1 amide bonds. The zero-order valence-electron chi connectivity index (χ0n) is 5.70. The Bertz CT molecular complexity index is 218. The Balaban J connectivity index is 2.15. The average Bonchev–Trinajstić information content (AvgIpc) is 2.31. The number of thioether (sulfide) groups is 1. The van der Waals surface area contributed by atoms with E-state index in [2.05, 4.69) is 5.32 Å². The summed E-state index contributed by atoms with van der Waals surface area (Å²) in [7, 11) is 0. The first kappa shape index (κ1) is 6.97. The summed E-state index contributed by atoms with van der Waals surface area (Å²) in [6, 6.07) is -0.388. The maximum Gasteiger partial charge on any atom is 0.408 e. The van der Waals surface area contributed by atoms with Gasteiger partial charge in [0, 0.05) is 5.75 Å². The molecule has 2 saturated heterocycles. The van der Waals surface area contributed by atoms with Gasteiger partial charge in [0.15, 0.2) is 0 Å². The van der Waals surface area contributed by atoms with Gasteiger partial charge in [-0.3, -0.25) is 4.79 Å². The average molecular weight is 173 g/mol. The number of fused-ring (bicyclic) bond motifs is 1. The number of hydrogen-bond donors (Lipinski definition) is 1. The summed E-state index contributed by atoms with van der Waals surface area (Å²) in [6.07, 6.45) is 0.104. The molecule has 2 aliphatic rings. The highest BCUT2D eigenvalue weighted by Crippen LogP contribution is 2.25. The lowest BCUT2D eigenvalue weighted by Gasteiger charge is -2.19. The Hall–Kier alpha value is -0.710. The molecule has 0 bridgehead atoms. The monoisotopic (exact) mass is 173 g/mol. The minimum atomic E-state index is -0.462. The number of carbonyl (C=O) groups is 2. The van der Waals surface area contributed by atoms with Crippen LogP contribution in [0.2, 0.25) is 0 Å². The first-order valence-electron chi connectivity index (χ1n) is 3.41. The summed E-state index contributed by atoms with van der Waals surface area (Å²) in [5.74, 6) is 0.759. The van der Waals surface area contributed by atoms with Gasteiger partial charge in [0.1, 0.15) is 12.1 Å². The van der Waals surface area contributed by atoms with Crippen molar-refractivity contribution in [2.75, 3.05) is 5.75 Å². The summed E-state index contributed by atoms with van der Waals surface area (Å²) in [6.45, 7) is 0. The third kappa shape index (κ3) is 1.09. The molecule has 0 aromatic rings. The molecule has 2 rings (SSSR count). The van der Waals surface area contributed by atoms with Crippen molar-refractivity contribution in [2.45, 2.75) is 18.6 Å². The van der Waals surface area contributed by atoms with Crippen molar-refractivity contribution in [1.29, 1.82) is 0 Å². The second kappa shape index (κ2) is 2.41. The van der Waals surface area contributed by atoms with Gasteiger partial charge in [0.05, 0.1) is 0 Å². The van der Waals surface area contributed by atoms with E-state index in [1.165, 1.54) is 11.8 Å². The zero-order chi connectivity index (χ0) is 7.84. The van der Waals surface area contributed by atoms with Crippen molar-refractivity contribution in [3.63, 3.8) is 0 Å². The van der Waals surface area contributed by atoms with E-state index in [9.17, 15) is 9.59 Å². The van der Waals surface area contributed by atoms with E-state index in [0.717, 1.165) is 12.2 Å². The molecule has 0 aromatic heterocycles. The van der Waals surface area contributed by atoms with Gasteiger partial charge in [0.2, 0.25) is 5.12 Å². The quantitative estimate of drug-likeness (QED) is 0.565. The normalized spacial score (nSPS) is 36.0. The van der Waals surface area contributed by atoms with Crippen LogP contribution in [0.3, 0.4) is 0 Å². The van der Waals surface area contributed by atoms with E-state index in [1.807, 2.05) is 0 Å². The van der Waals surface area contributed by atoms with Crippen LogP contribution in [0, 0.1) is 0 Å². The van der Waals surface area contributed by atoms with Crippen LogP contribution in [0.1, 0.15) is 6.42 Å². The summed E-state index contributed by atoms with van der Waals surface area (Å²) in [5.41, 5.74) is 0. The molecular weight excluding hydrogens is 166 g/mol. The van der Waals surface area contributed by atoms with Crippen LogP contribution in [0.25, 0.3) is 0 Å². The Morgan fingerprint density at radius 1 is 1.55 bits per heavy atom. The first-order valence-corrected chi connectivity index (χ1v) is 4.40. The van der Waals surface area contributed by atoms with Gasteiger partial charge < -0.3 is 10.1 Å². The van der Waals surface area contributed by atoms with Crippen LogP contribution in [0.15, 0.2) is 0 Å². The molecule has 60 valence electrons. The van der Waals surface area contributed by atoms with Gasteiger partial charge in [-0.05, 0) is 6.42 Å². The topological polar surface area (TPSA) is 55.4 Å². The summed E-state index contributed by atoms with van der Waals surface area (Å²) in [4.78, 5) is 21.7. The van der Waals surface area contributed by atoms with E-state index in [4.69, 9.17) is 4.74 Å². The standard InChI is InChI=1S/C6H7NO3S/c8-5-4-3(1-2-11-5)10-6(9)7-4/h3-4H,1-2H2,(H,7,9). The van der Waals surface area contributed by atoms with Crippen LogP contribution < -0.4 is 5.32 Å². The smallest absolute Gasteiger partial charge is 0.408 e. The molecule has 2 heterocycles. The van der Waals surface area contributed by atoms with Crippen molar-refractivity contribution in [3.8, 4) is 0 Å². The number of alkyl carbamates (subject to hydrolysis) is 1. The van der Waals surface area contributed by atoms with Crippen LogP contribution in [0.5, 0.6) is 0 Å². The minimum absolute atomic E-state index is 0.0205. The highest BCUT2D eigenvalue weighted by Gasteiger charge is 2.41. The lowest BCUT2D eigenvalue weighted by atomic mass is 10.1. The van der Waals surface area contributed by atoms with Gasteiger partial charge in [-0.25, -0.2) is 4.79 Å². The second-order valence-corrected chi connectivity index (χ2v) is 3.62. The fourth-order valence-corrected chi connectivity index (χ4v) is 2.20. The van der Waals surface area contributed by atoms with Gasteiger partial charge in [-0.2, -0.15) is 0 Å². The fraction of sp³-hybridized carbons (Fsp3) is 0.667. The Kier molecular flexibility index (Phi) is 1.52. The Labute approximate surface area is 67.7 Å². The number of amides is 1. The molecule has 4 nitrogen and oxygen atoms in total. The maximum atomic E-state index is 11.1. The largest absolute Gasteiger partial charge is 0.443 e. The first-order chi connectivity index (χ1) is 5.27. The van der Waals surface area contributed by atoms with E-state index >= 15 is 0 Å². The third-order valence-electron chi connectivity index (χ3n) is 1.80.